The van der Waals surface area contributed by atoms with Gasteiger partial charge >= 0.3 is 0 Å². The molecular weight excluding hydrogens is 466 g/mol. The zero-order valence-electron chi connectivity index (χ0n) is 19.5. The van der Waals surface area contributed by atoms with Crippen LogP contribution in [0.5, 0.6) is 0 Å². The van der Waals surface area contributed by atoms with Crippen molar-refractivity contribution < 1.29 is 9.53 Å². The zero-order valence-corrected chi connectivity index (χ0v) is 21.1. The second kappa shape index (κ2) is 11.1. The van der Waals surface area contributed by atoms with Gasteiger partial charge in [-0.2, -0.15) is 0 Å². The molecule has 3 aromatic rings. The number of methoxy groups -OCH3 is 1. The fourth-order valence-corrected chi connectivity index (χ4v) is 6.78. The van der Waals surface area contributed by atoms with Gasteiger partial charge in [0, 0.05) is 50.2 Å². The van der Waals surface area contributed by atoms with Gasteiger partial charge in [-0.15, -0.1) is 22.7 Å². The molecule has 2 aliphatic heterocycles. The molecule has 7 nitrogen and oxygen atoms in total. The lowest BCUT2D eigenvalue weighted by Gasteiger charge is -2.14. The van der Waals surface area contributed by atoms with Crippen molar-refractivity contribution in [1.82, 2.24) is 20.9 Å². The third kappa shape index (κ3) is 5.25. The van der Waals surface area contributed by atoms with Crippen LogP contribution in [0.1, 0.15) is 28.8 Å². The Morgan fingerprint density at radius 2 is 2.09 bits per heavy atom. The van der Waals surface area contributed by atoms with Crippen molar-refractivity contribution in [2.75, 3.05) is 51.8 Å². The Bertz CT molecular complexity index is 1200. The molecule has 0 unspecified atom stereocenters. The highest BCUT2D eigenvalue weighted by molar-refractivity contribution is 7.23. The first-order chi connectivity index (χ1) is 16.7. The highest BCUT2D eigenvalue weighted by atomic mass is 32.1. The summed E-state index contributed by atoms with van der Waals surface area (Å²) in [6, 6.07) is 6.63. The molecule has 34 heavy (non-hydrogen) atoms. The molecule has 0 aliphatic carbocycles. The minimum Gasteiger partial charge on any atom is -0.383 e. The van der Waals surface area contributed by atoms with Gasteiger partial charge in [-0.05, 0) is 54.8 Å². The van der Waals surface area contributed by atoms with Crippen LogP contribution in [0.25, 0.3) is 26.4 Å². The summed E-state index contributed by atoms with van der Waals surface area (Å²) in [5.41, 5.74) is 6.13. The number of rotatable bonds is 9. The van der Waals surface area contributed by atoms with Crippen LogP contribution in [0.4, 0.5) is 5.00 Å². The fraction of sp³-hybridized carbons (Fsp3) is 0.440. The highest BCUT2D eigenvalue weighted by Gasteiger charge is 2.25. The van der Waals surface area contributed by atoms with Crippen molar-refractivity contribution in [3.05, 3.63) is 40.3 Å². The van der Waals surface area contributed by atoms with Crippen molar-refractivity contribution in [2.24, 2.45) is 0 Å². The number of anilines is 1. The molecule has 0 saturated heterocycles. The number of ether oxygens (including phenoxy) is 1. The lowest BCUT2D eigenvalue weighted by atomic mass is 10.0. The van der Waals surface area contributed by atoms with Gasteiger partial charge in [0.05, 0.1) is 16.8 Å². The van der Waals surface area contributed by atoms with Crippen LogP contribution in [0.2, 0.25) is 0 Å². The van der Waals surface area contributed by atoms with Gasteiger partial charge in [-0.3, -0.25) is 4.79 Å². The van der Waals surface area contributed by atoms with Crippen molar-refractivity contribution in [1.29, 1.82) is 0 Å². The topological polar surface area (TPSA) is 87.3 Å². The SMILES string of the molecule is COCCNCCC(=O)Nc1sc2c(c1-c1nc3cc(C4=CCNCC4)ccc3s1)CCNC2. The Balaban J connectivity index is 1.41. The average Bonchev–Trinajstić information content (AvgIpc) is 3.44. The first-order valence-electron chi connectivity index (χ1n) is 11.9. The van der Waals surface area contributed by atoms with Gasteiger partial charge < -0.3 is 26.0 Å². The molecule has 0 saturated carbocycles. The number of carbonyl (C=O) groups is 1. The number of benzene rings is 1. The molecule has 0 fully saturated rings. The van der Waals surface area contributed by atoms with Gasteiger partial charge in [0.2, 0.25) is 5.91 Å². The van der Waals surface area contributed by atoms with E-state index in [2.05, 4.69) is 45.5 Å². The van der Waals surface area contributed by atoms with Crippen LogP contribution < -0.4 is 21.3 Å². The minimum atomic E-state index is 0.0268. The Hall–Kier alpha value is -2.14. The molecule has 0 atom stereocenters. The van der Waals surface area contributed by atoms with E-state index in [1.165, 1.54) is 26.3 Å². The van der Waals surface area contributed by atoms with Gasteiger partial charge in [0.25, 0.3) is 0 Å². The third-order valence-electron chi connectivity index (χ3n) is 6.23. The number of thiophene rings is 1. The van der Waals surface area contributed by atoms with Crippen molar-refractivity contribution in [2.45, 2.75) is 25.8 Å². The molecule has 9 heteroatoms. The van der Waals surface area contributed by atoms with Crippen LogP contribution in [-0.4, -0.2) is 57.3 Å². The molecule has 0 spiro atoms. The monoisotopic (exact) mass is 497 g/mol. The summed E-state index contributed by atoms with van der Waals surface area (Å²) < 4.78 is 6.23. The number of thiazole rings is 1. The number of fused-ring (bicyclic) bond motifs is 2. The Labute approximate surface area is 208 Å². The van der Waals surface area contributed by atoms with Crippen molar-refractivity contribution in [3.8, 4) is 10.6 Å². The van der Waals surface area contributed by atoms with Crippen LogP contribution in [-0.2, 0) is 22.5 Å². The molecule has 5 rings (SSSR count). The Morgan fingerprint density at radius 1 is 1.18 bits per heavy atom. The fourth-order valence-electron chi connectivity index (χ4n) is 4.46. The van der Waals surface area contributed by atoms with E-state index in [0.29, 0.717) is 19.6 Å². The summed E-state index contributed by atoms with van der Waals surface area (Å²) in [6.07, 6.45) is 4.70. The van der Waals surface area contributed by atoms with Crippen molar-refractivity contribution in [3.63, 3.8) is 0 Å². The van der Waals surface area contributed by atoms with Gasteiger partial charge in [0.15, 0.2) is 0 Å². The first-order valence-corrected chi connectivity index (χ1v) is 13.5. The molecule has 0 radical (unpaired) electrons. The Morgan fingerprint density at radius 3 is 2.94 bits per heavy atom. The van der Waals surface area contributed by atoms with Gasteiger partial charge in [-0.25, -0.2) is 4.98 Å². The quantitative estimate of drug-likeness (QED) is 0.338. The number of nitrogens with one attached hydrogen (secondary N) is 4. The van der Waals surface area contributed by atoms with Crippen LogP contribution in [0.3, 0.4) is 0 Å². The molecule has 4 heterocycles. The van der Waals surface area contributed by atoms with E-state index in [1.54, 1.807) is 29.8 Å². The molecule has 2 aromatic heterocycles. The van der Waals surface area contributed by atoms with Crippen LogP contribution in [0.15, 0.2) is 24.3 Å². The molecule has 0 bridgehead atoms. The molecule has 2 aliphatic rings. The molecule has 1 aromatic carbocycles. The summed E-state index contributed by atoms with van der Waals surface area (Å²) in [5.74, 6) is 0.0268. The molecule has 1 amide bonds. The number of amides is 1. The maximum atomic E-state index is 12.7. The normalized spacial score (nSPS) is 15.9. The third-order valence-corrected chi connectivity index (χ3v) is 8.43. The Kier molecular flexibility index (Phi) is 7.68. The van der Waals surface area contributed by atoms with E-state index < -0.39 is 0 Å². The minimum absolute atomic E-state index is 0.0268. The molecular formula is C25H31N5O2S2. The van der Waals surface area contributed by atoms with E-state index in [-0.39, 0.29) is 5.91 Å². The lowest BCUT2D eigenvalue weighted by molar-refractivity contribution is -0.116. The van der Waals surface area contributed by atoms with Gasteiger partial charge in [0.1, 0.15) is 10.0 Å². The van der Waals surface area contributed by atoms with E-state index in [9.17, 15) is 4.79 Å². The summed E-state index contributed by atoms with van der Waals surface area (Å²) in [5, 5.41) is 15.2. The largest absolute Gasteiger partial charge is 0.383 e. The average molecular weight is 498 g/mol. The molecule has 4 N–H and O–H groups in total. The lowest BCUT2D eigenvalue weighted by Crippen LogP contribution is -2.24. The predicted molar refractivity (Wildman–Crippen MR) is 142 cm³/mol. The maximum Gasteiger partial charge on any atom is 0.226 e. The summed E-state index contributed by atoms with van der Waals surface area (Å²) in [6.45, 7) is 5.76. The number of carbonyl (C=O) groups excluding carboxylic acids is 1. The number of hydrogen-bond acceptors (Lipinski definition) is 8. The van der Waals surface area contributed by atoms with E-state index in [4.69, 9.17) is 9.72 Å². The zero-order chi connectivity index (χ0) is 23.3. The second-order valence-corrected chi connectivity index (χ2v) is 10.7. The smallest absolute Gasteiger partial charge is 0.226 e. The van der Waals surface area contributed by atoms with Crippen LogP contribution in [0, 0.1) is 0 Å². The van der Waals surface area contributed by atoms with Gasteiger partial charge in [-0.1, -0.05) is 12.1 Å². The number of hydrogen-bond donors (Lipinski definition) is 4. The molecule has 180 valence electrons. The first kappa shape index (κ1) is 23.6. The highest BCUT2D eigenvalue weighted by Crippen LogP contribution is 2.45. The van der Waals surface area contributed by atoms with Crippen LogP contribution >= 0.6 is 22.7 Å². The van der Waals surface area contributed by atoms with Crippen molar-refractivity contribution >= 4 is 49.4 Å². The standard InChI is InChI=1S/C25H31N5O2S2/c1-32-13-12-27-11-7-22(31)30-25-23(18-6-10-28-15-21(18)34-25)24-29-19-14-17(2-3-20(19)33-24)16-4-8-26-9-5-16/h2-4,14,26-28H,5-13,15H2,1H3,(H,30,31). The summed E-state index contributed by atoms with van der Waals surface area (Å²) in [4.78, 5) is 19.1. The predicted octanol–water partition coefficient (Wildman–Crippen LogP) is 3.61. The summed E-state index contributed by atoms with van der Waals surface area (Å²) >= 11 is 3.40. The maximum absolute atomic E-state index is 12.7. The summed E-state index contributed by atoms with van der Waals surface area (Å²) in [7, 11) is 1.68. The van der Waals surface area contributed by atoms with E-state index in [0.717, 1.165) is 66.7 Å². The number of nitrogens with zero attached hydrogens (tertiary/aromatic N) is 1. The van der Waals surface area contributed by atoms with E-state index >= 15 is 0 Å². The number of aromatic nitrogens is 1. The van der Waals surface area contributed by atoms with E-state index in [1.807, 2.05) is 0 Å². The second-order valence-electron chi connectivity index (χ2n) is 8.56.